The zero-order valence-electron chi connectivity index (χ0n) is 9.04. The Balaban J connectivity index is 2.18. The molecular formula is C10H20ClNO2S. The highest BCUT2D eigenvalue weighted by Crippen LogP contribution is 2.23. The standard InChI is InChI=1S/C10H20ClNO2S/c11-8-4-1-5-9-12-15(13,14)10-6-2-3-7-10/h10,12H,1-9H2. The van der Waals surface area contributed by atoms with E-state index in [4.69, 9.17) is 11.6 Å². The fourth-order valence-corrected chi connectivity index (χ4v) is 3.73. The molecule has 0 heterocycles. The summed E-state index contributed by atoms with van der Waals surface area (Å²) in [5.74, 6) is 0.662. The summed E-state index contributed by atoms with van der Waals surface area (Å²) in [6.07, 6.45) is 6.62. The van der Waals surface area contributed by atoms with Crippen molar-refractivity contribution in [1.29, 1.82) is 0 Å². The summed E-state index contributed by atoms with van der Waals surface area (Å²) in [6, 6.07) is 0. The molecule has 0 aromatic heterocycles. The van der Waals surface area contributed by atoms with Gasteiger partial charge in [-0.2, -0.15) is 0 Å². The van der Waals surface area contributed by atoms with Crippen LogP contribution in [0.15, 0.2) is 0 Å². The highest BCUT2D eigenvalue weighted by atomic mass is 35.5. The molecule has 0 aromatic carbocycles. The lowest BCUT2D eigenvalue weighted by Gasteiger charge is -2.11. The van der Waals surface area contributed by atoms with Crippen molar-refractivity contribution in [3.05, 3.63) is 0 Å². The van der Waals surface area contributed by atoms with E-state index in [0.29, 0.717) is 12.4 Å². The zero-order valence-corrected chi connectivity index (χ0v) is 10.6. The van der Waals surface area contributed by atoms with E-state index in [1.165, 1.54) is 0 Å². The average molecular weight is 254 g/mol. The third-order valence-electron chi connectivity index (χ3n) is 2.85. The second-order valence-electron chi connectivity index (χ2n) is 4.10. The van der Waals surface area contributed by atoms with Crippen molar-refractivity contribution in [3.8, 4) is 0 Å². The maximum absolute atomic E-state index is 11.7. The Bertz CT molecular complexity index is 261. The van der Waals surface area contributed by atoms with Gasteiger partial charge in [0.05, 0.1) is 5.25 Å². The fourth-order valence-electron chi connectivity index (χ4n) is 1.93. The summed E-state index contributed by atoms with van der Waals surface area (Å²) < 4.78 is 26.1. The second kappa shape index (κ2) is 6.71. The number of rotatable bonds is 7. The van der Waals surface area contributed by atoms with Crippen molar-refractivity contribution in [2.75, 3.05) is 12.4 Å². The Morgan fingerprint density at radius 3 is 2.40 bits per heavy atom. The molecule has 1 N–H and O–H groups in total. The van der Waals surface area contributed by atoms with Gasteiger partial charge in [0, 0.05) is 12.4 Å². The van der Waals surface area contributed by atoms with E-state index < -0.39 is 10.0 Å². The minimum atomic E-state index is -3.03. The molecule has 0 spiro atoms. The first-order valence-electron chi connectivity index (χ1n) is 5.71. The highest BCUT2D eigenvalue weighted by Gasteiger charge is 2.27. The number of hydrogen-bond donors (Lipinski definition) is 1. The molecule has 0 atom stereocenters. The lowest BCUT2D eigenvalue weighted by atomic mass is 10.2. The van der Waals surface area contributed by atoms with Crippen LogP contribution in [0, 0.1) is 0 Å². The third kappa shape index (κ3) is 4.70. The molecule has 0 aromatic rings. The Hall–Kier alpha value is 0.200. The monoisotopic (exact) mass is 253 g/mol. The summed E-state index contributed by atoms with van der Waals surface area (Å²) >= 11 is 5.54. The van der Waals surface area contributed by atoms with E-state index in [1.807, 2.05) is 0 Å². The molecular weight excluding hydrogens is 234 g/mol. The summed E-state index contributed by atoms with van der Waals surface area (Å²) in [5.41, 5.74) is 0. The van der Waals surface area contributed by atoms with E-state index in [0.717, 1.165) is 44.9 Å². The molecule has 0 unspecified atom stereocenters. The highest BCUT2D eigenvalue weighted by molar-refractivity contribution is 7.90. The molecule has 3 nitrogen and oxygen atoms in total. The van der Waals surface area contributed by atoms with E-state index in [1.54, 1.807) is 0 Å². The van der Waals surface area contributed by atoms with E-state index in [-0.39, 0.29) is 5.25 Å². The van der Waals surface area contributed by atoms with Gasteiger partial charge in [-0.05, 0) is 25.7 Å². The first-order chi connectivity index (χ1) is 7.17. The average Bonchev–Trinajstić information content (AvgIpc) is 2.70. The lowest BCUT2D eigenvalue weighted by Crippen LogP contribution is -2.33. The van der Waals surface area contributed by atoms with Crippen LogP contribution in [0.1, 0.15) is 44.9 Å². The first kappa shape index (κ1) is 13.3. The Labute approximate surface area is 97.6 Å². The van der Waals surface area contributed by atoms with E-state index >= 15 is 0 Å². The third-order valence-corrected chi connectivity index (χ3v) is 5.08. The van der Waals surface area contributed by atoms with Crippen LogP contribution < -0.4 is 4.72 Å². The SMILES string of the molecule is O=S(=O)(NCCCCCCl)C1CCCC1. The van der Waals surface area contributed by atoms with Crippen LogP contribution in [-0.4, -0.2) is 26.1 Å². The van der Waals surface area contributed by atoms with Crippen molar-refractivity contribution < 1.29 is 8.42 Å². The van der Waals surface area contributed by atoms with Crippen molar-refractivity contribution >= 4 is 21.6 Å². The van der Waals surface area contributed by atoms with Gasteiger partial charge in [-0.3, -0.25) is 0 Å². The van der Waals surface area contributed by atoms with Crippen molar-refractivity contribution in [3.63, 3.8) is 0 Å². The van der Waals surface area contributed by atoms with E-state index in [2.05, 4.69) is 4.72 Å². The van der Waals surface area contributed by atoms with Gasteiger partial charge in [0.25, 0.3) is 0 Å². The summed E-state index contributed by atoms with van der Waals surface area (Å²) in [6.45, 7) is 0.565. The van der Waals surface area contributed by atoms with Crippen LogP contribution in [0.2, 0.25) is 0 Å². The minimum absolute atomic E-state index is 0.134. The number of halogens is 1. The molecule has 1 aliphatic rings. The number of hydrogen-bond acceptors (Lipinski definition) is 2. The van der Waals surface area contributed by atoms with Crippen LogP contribution in [0.4, 0.5) is 0 Å². The van der Waals surface area contributed by atoms with Gasteiger partial charge < -0.3 is 0 Å². The normalized spacial score (nSPS) is 18.5. The second-order valence-corrected chi connectivity index (χ2v) is 6.52. The molecule has 1 fully saturated rings. The molecule has 0 bridgehead atoms. The van der Waals surface area contributed by atoms with Crippen molar-refractivity contribution in [2.45, 2.75) is 50.2 Å². The maximum Gasteiger partial charge on any atom is 0.214 e. The molecule has 1 rings (SSSR count). The van der Waals surface area contributed by atoms with Crippen molar-refractivity contribution in [1.82, 2.24) is 4.72 Å². The largest absolute Gasteiger partial charge is 0.215 e. The number of nitrogens with one attached hydrogen (secondary N) is 1. The van der Waals surface area contributed by atoms with Gasteiger partial charge in [-0.1, -0.05) is 19.3 Å². The molecule has 1 saturated carbocycles. The zero-order chi connectivity index (χ0) is 11.1. The van der Waals surface area contributed by atoms with Crippen LogP contribution in [0.5, 0.6) is 0 Å². The number of sulfonamides is 1. The van der Waals surface area contributed by atoms with Crippen LogP contribution >= 0.6 is 11.6 Å². The Kier molecular flexibility index (Phi) is 5.94. The van der Waals surface area contributed by atoms with Gasteiger partial charge in [0.1, 0.15) is 0 Å². The molecule has 15 heavy (non-hydrogen) atoms. The summed E-state index contributed by atoms with van der Waals surface area (Å²) in [4.78, 5) is 0. The van der Waals surface area contributed by atoms with Gasteiger partial charge >= 0.3 is 0 Å². The summed E-state index contributed by atoms with van der Waals surface area (Å²) in [7, 11) is -3.03. The van der Waals surface area contributed by atoms with E-state index in [9.17, 15) is 8.42 Å². The van der Waals surface area contributed by atoms with Crippen LogP contribution in [0.3, 0.4) is 0 Å². The smallest absolute Gasteiger partial charge is 0.214 e. The van der Waals surface area contributed by atoms with Gasteiger partial charge in [0.15, 0.2) is 0 Å². The molecule has 0 aliphatic heterocycles. The quantitative estimate of drug-likeness (QED) is 0.559. The molecule has 0 saturated heterocycles. The predicted octanol–water partition coefficient (Wildman–Crippen LogP) is 2.26. The first-order valence-corrected chi connectivity index (χ1v) is 7.79. The van der Waals surface area contributed by atoms with Gasteiger partial charge in [-0.25, -0.2) is 13.1 Å². The lowest BCUT2D eigenvalue weighted by molar-refractivity contribution is 0.560. The topological polar surface area (TPSA) is 46.2 Å². The van der Waals surface area contributed by atoms with Crippen LogP contribution in [0.25, 0.3) is 0 Å². The summed E-state index contributed by atoms with van der Waals surface area (Å²) in [5, 5.41) is -0.134. The molecule has 5 heteroatoms. The molecule has 0 radical (unpaired) electrons. The van der Waals surface area contributed by atoms with Gasteiger partial charge in [-0.15, -0.1) is 11.6 Å². The number of unbranched alkanes of at least 4 members (excludes halogenated alkanes) is 2. The minimum Gasteiger partial charge on any atom is -0.215 e. The maximum atomic E-state index is 11.7. The number of alkyl halides is 1. The van der Waals surface area contributed by atoms with Gasteiger partial charge in [0.2, 0.25) is 10.0 Å². The molecule has 90 valence electrons. The molecule has 0 amide bonds. The predicted molar refractivity (Wildman–Crippen MR) is 63.7 cm³/mol. The van der Waals surface area contributed by atoms with Crippen LogP contribution in [-0.2, 0) is 10.0 Å². The molecule has 1 aliphatic carbocycles. The fraction of sp³-hybridized carbons (Fsp3) is 1.00. The van der Waals surface area contributed by atoms with Crippen molar-refractivity contribution in [2.24, 2.45) is 0 Å². The Morgan fingerprint density at radius 2 is 1.80 bits per heavy atom. The Morgan fingerprint density at radius 1 is 1.13 bits per heavy atom.